The van der Waals surface area contributed by atoms with E-state index in [0.29, 0.717) is 29.8 Å². The molecular formula is C26H26N4O5. The van der Waals surface area contributed by atoms with Crippen LogP contribution in [0.3, 0.4) is 0 Å². The largest absolute Gasteiger partial charge is 0.496 e. The first-order valence-corrected chi connectivity index (χ1v) is 11.6. The average molecular weight is 475 g/mol. The molecule has 1 saturated heterocycles. The number of nitrogens with one attached hydrogen (secondary N) is 3. The minimum Gasteiger partial charge on any atom is -0.496 e. The number of aryl methyl sites for hydroxylation is 2. The minimum atomic E-state index is -0.676. The molecule has 1 unspecified atom stereocenters. The second-order valence-corrected chi connectivity index (χ2v) is 8.93. The second kappa shape index (κ2) is 8.57. The zero-order valence-electron chi connectivity index (χ0n) is 19.8. The number of methoxy groups -OCH3 is 1. The molecule has 2 aromatic carbocycles. The van der Waals surface area contributed by atoms with Gasteiger partial charge in [-0.15, -0.1) is 0 Å². The molecule has 0 aliphatic carbocycles. The zero-order chi connectivity index (χ0) is 24.9. The topological polar surface area (TPSA) is 121 Å². The number of rotatable bonds is 5. The number of nitrogens with zero attached hydrogens (tertiary/aromatic N) is 1. The lowest BCUT2D eigenvalue weighted by Gasteiger charge is -2.29. The summed E-state index contributed by atoms with van der Waals surface area (Å²) in [6, 6.07) is 8.35. The number of anilines is 1. The molecule has 0 saturated carbocycles. The molecule has 35 heavy (non-hydrogen) atoms. The van der Waals surface area contributed by atoms with Gasteiger partial charge >= 0.3 is 0 Å². The van der Waals surface area contributed by atoms with E-state index in [1.54, 1.807) is 25.3 Å². The number of aromatic amines is 1. The summed E-state index contributed by atoms with van der Waals surface area (Å²) < 4.78 is 5.45. The van der Waals surface area contributed by atoms with Crippen molar-refractivity contribution in [2.24, 2.45) is 0 Å². The zero-order valence-corrected chi connectivity index (χ0v) is 19.8. The van der Waals surface area contributed by atoms with Crippen molar-refractivity contribution in [1.82, 2.24) is 15.2 Å². The van der Waals surface area contributed by atoms with Gasteiger partial charge in [-0.3, -0.25) is 24.5 Å². The van der Waals surface area contributed by atoms with Crippen molar-refractivity contribution in [3.63, 3.8) is 0 Å². The summed E-state index contributed by atoms with van der Waals surface area (Å²) in [5, 5.41) is 6.18. The number of ether oxygens (including phenoxy) is 1. The average Bonchev–Trinajstić information content (AvgIpc) is 3.35. The van der Waals surface area contributed by atoms with Crippen molar-refractivity contribution in [3.05, 3.63) is 58.3 Å². The van der Waals surface area contributed by atoms with Gasteiger partial charge in [0.1, 0.15) is 17.5 Å². The predicted molar refractivity (Wildman–Crippen MR) is 129 cm³/mol. The van der Waals surface area contributed by atoms with Gasteiger partial charge in [0.05, 0.1) is 7.11 Å². The third-order valence-corrected chi connectivity index (χ3v) is 6.78. The molecule has 9 heteroatoms. The molecule has 3 aromatic rings. The van der Waals surface area contributed by atoms with Crippen molar-refractivity contribution >= 4 is 40.2 Å². The number of piperidine rings is 1. The Kier molecular flexibility index (Phi) is 5.55. The van der Waals surface area contributed by atoms with Crippen LogP contribution in [0, 0.1) is 6.92 Å². The van der Waals surface area contributed by atoms with Crippen LogP contribution >= 0.6 is 0 Å². The molecule has 2 aliphatic rings. The van der Waals surface area contributed by atoms with E-state index in [1.165, 1.54) is 4.90 Å². The molecule has 4 amide bonds. The van der Waals surface area contributed by atoms with Gasteiger partial charge in [-0.25, -0.2) is 0 Å². The molecule has 0 bridgehead atoms. The number of benzene rings is 2. The van der Waals surface area contributed by atoms with E-state index in [9.17, 15) is 19.2 Å². The monoisotopic (exact) mass is 474 g/mol. The third-order valence-electron chi connectivity index (χ3n) is 6.78. The number of hydrogen-bond donors (Lipinski definition) is 3. The summed E-state index contributed by atoms with van der Waals surface area (Å²) in [5.41, 5.74) is 5.00. The Balaban J connectivity index is 1.39. The van der Waals surface area contributed by atoms with Crippen molar-refractivity contribution in [2.45, 2.75) is 45.7 Å². The van der Waals surface area contributed by atoms with Crippen LogP contribution in [0.25, 0.3) is 10.9 Å². The Bertz CT molecular complexity index is 1410. The van der Waals surface area contributed by atoms with Gasteiger partial charge in [-0.05, 0) is 66.8 Å². The van der Waals surface area contributed by atoms with Crippen molar-refractivity contribution in [3.8, 4) is 5.75 Å². The van der Waals surface area contributed by atoms with Crippen LogP contribution in [0.15, 0.2) is 30.3 Å². The number of aromatic nitrogens is 1. The molecule has 3 N–H and O–H groups in total. The highest BCUT2D eigenvalue weighted by Crippen LogP contribution is 2.32. The number of carbonyl (C=O) groups excluding carboxylic acids is 4. The first kappa shape index (κ1) is 22.6. The maximum absolute atomic E-state index is 13.2. The van der Waals surface area contributed by atoms with E-state index in [2.05, 4.69) is 15.6 Å². The maximum atomic E-state index is 13.2. The highest BCUT2D eigenvalue weighted by molar-refractivity contribution is 6.09. The van der Waals surface area contributed by atoms with Gasteiger partial charge in [-0.1, -0.05) is 6.92 Å². The fraction of sp³-hybridized carbons (Fsp3) is 0.308. The molecule has 1 atom stereocenters. The van der Waals surface area contributed by atoms with Gasteiger partial charge in [0.2, 0.25) is 11.8 Å². The standard InChI is InChI=1S/C26H26N4O5/c1-4-16-18-11-21(35-3)13(2)9-19(18)28-23(16)25(33)27-15-5-6-17-14(10-15)12-30(26(17)34)20-7-8-22(31)29-24(20)32/h5-6,9-11,20,28H,4,7-8,12H2,1-3H3,(H,27,33)(H,29,31,32). The summed E-state index contributed by atoms with van der Waals surface area (Å²) in [5.74, 6) is -0.533. The van der Waals surface area contributed by atoms with E-state index >= 15 is 0 Å². The SMILES string of the molecule is CCc1c(C(=O)Nc2ccc3c(c2)CN(C2CCC(=O)NC2=O)C3=O)[nH]c2cc(C)c(OC)cc12. The summed E-state index contributed by atoms with van der Waals surface area (Å²) in [4.78, 5) is 54.6. The van der Waals surface area contributed by atoms with Crippen LogP contribution in [-0.4, -0.2) is 46.7 Å². The van der Waals surface area contributed by atoms with Crippen LogP contribution in [0.1, 0.15) is 57.3 Å². The molecule has 1 aromatic heterocycles. The predicted octanol–water partition coefficient (Wildman–Crippen LogP) is 3.06. The minimum absolute atomic E-state index is 0.202. The summed E-state index contributed by atoms with van der Waals surface area (Å²) in [6.45, 7) is 4.19. The summed E-state index contributed by atoms with van der Waals surface area (Å²) in [6.07, 6.45) is 1.17. The molecule has 180 valence electrons. The van der Waals surface area contributed by atoms with Crippen LogP contribution in [0.5, 0.6) is 5.75 Å². The lowest BCUT2D eigenvalue weighted by atomic mass is 10.0. The molecule has 9 nitrogen and oxygen atoms in total. The normalized spacial score (nSPS) is 17.5. The van der Waals surface area contributed by atoms with Crippen LogP contribution < -0.4 is 15.4 Å². The number of H-pyrrole nitrogens is 1. The molecule has 1 fully saturated rings. The Labute approximate surface area is 201 Å². The highest BCUT2D eigenvalue weighted by atomic mass is 16.5. The lowest BCUT2D eigenvalue weighted by Crippen LogP contribution is -2.52. The Morgan fingerprint density at radius 1 is 1.20 bits per heavy atom. The number of imide groups is 1. The summed E-state index contributed by atoms with van der Waals surface area (Å²) in [7, 11) is 1.62. The van der Waals surface area contributed by atoms with Crippen molar-refractivity contribution < 1.29 is 23.9 Å². The van der Waals surface area contributed by atoms with E-state index < -0.39 is 11.9 Å². The Morgan fingerprint density at radius 2 is 2.00 bits per heavy atom. The third kappa shape index (κ3) is 3.82. The van der Waals surface area contributed by atoms with Crippen LogP contribution in [-0.2, 0) is 22.6 Å². The smallest absolute Gasteiger partial charge is 0.272 e. The number of fused-ring (bicyclic) bond motifs is 2. The van der Waals surface area contributed by atoms with Crippen LogP contribution in [0.2, 0.25) is 0 Å². The quantitative estimate of drug-likeness (QED) is 0.491. The van der Waals surface area contributed by atoms with Gasteiger partial charge in [0.15, 0.2) is 0 Å². The fourth-order valence-corrected chi connectivity index (χ4v) is 5.01. The van der Waals surface area contributed by atoms with E-state index in [4.69, 9.17) is 4.74 Å². The van der Waals surface area contributed by atoms with Gasteiger partial charge in [-0.2, -0.15) is 0 Å². The molecular weight excluding hydrogens is 448 g/mol. The van der Waals surface area contributed by atoms with Crippen molar-refractivity contribution in [2.75, 3.05) is 12.4 Å². The molecule has 2 aliphatic heterocycles. The van der Waals surface area contributed by atoms with Gasteiger partial charge in [0.25, 0.3) is 11.8 Å². The van der Waals surface area contributed by atoms with Gasteiger partial charge < -0.3 is 19.9 Å². The van der Waals surface area contributed by atoms with E-state index in [1.807, 2.05) is 26.0 Å². The van der Waals surface area contributed by atoms with E-state index in [0.717, 1.165) is 33.3 Å². The second-order valence-electron chi connectivity index (χ2n) is 8.93. The van der Waals surface area contributed by atoms with Crippen molar-refractivity contribution in [1.29, 1.82) is 0 Å². The molecule has 5 rings (SSSR count). The van der Waals surface area contributed by atoms with E-state index in [-0.39, 0.29) is 30.7 Å². The Morgan fingerprint density at radius 3 is 2.71 bits per heavy atom. The first-order chi connectivity index (χ1) is 16.8. The number of amides is 4. The number of hydrogen-bond acceptors (Lipinski definition) is 5. The Hall–Kier alpha value is -4.14. The number of carbonyl (C=O) groups is 4. The van der Waals surface area contributed by atoms with Crippen LogP contribution in [0.4, 0.5) is 5.69 Å². The lowest BCUT2D eigenvalue weighted by molar-refractivity contribution is -0.136. The first-order valence-electron chi connectivity index (χ1n) is 11.6. The molecule has 0 spiro atoms. The fourth-order valence-electron chi connectivity index (χ4n) is 5.01. The highest BCUT2D eigenvalue weighted by Gasteiger charge is 2.39. The molecule has 3 heterocycles. The summed E-state index contributed by atoms with van der Waals surface area (Å²) >= 11 is 0. The molecule has 0 radical (unpaired) electrons. The van der Waals surface area contributed by atoms with Gasteiger partial charge in [0, 0.05) is 35.1 Å². The maximum Gasteiger partial charge on any atom is 0.272 e.